The Bertz CT molecular complexity index is 756. The van der Waals surface area contributed by atoms with E-state index in [9.17, 15) is 4.79 Å². The van der Waals surface area contributed by atoms with Crippen LogP contribution in [0.1, 0.15) is 12.0 Å². The third-order valence-electron chi connectivity index (χ3n) is 3.53. The number of nitrogens with zero attached hydrogens (tertiary/aromatic N) is 1. The summed E-state index contributed by atoms with van der Waals surface area (Å²) >= 11 is 1.68. The van der Waals surface area contributed by atoms with Crippen LogP contribution >= 0.6 is 11.3 Å². The predicted molar refractivity (Wildman–Crippen MR) is 82.2 cm³/mol. The second-order valence-electron chi connectivity index (χ2n) is 4.90. The highest BCUT2D eigenvalue weighted by Gasteiger charge is 2.10. The highest BCUT2D eigenvalue weighted by atomic mass is 32.1. The first-order valence-corrected chi connectivity index (χ1v) is 7.42. The fourth-order valence-electron chi connectivity index (χ4n) is 2.52. The van der Waals surface area contributed by atoms with Gasteiger partial charge < -0.3 is 9.67 Å². The first-order chi connectivity index (χ1) is 9.65. The number of carboxylic acid groups (broad SMARTS) is 1. The van der Waals surface area contributed by atoms with E-state index in [2.05, 4.69) is 39.6 Å². The molecule has 0 atom stereocenters. The van der Waals surface area contributed by atoms with Crippen LogP contribution in [0.25, 0.3) is 22.0 Å². The van der Waals surface area contributed by atoms with Crippen molar-refractivity contribution in [3.8, 4) is 11.1 Å². The molecule has 0 aliphatic heterocycles. The lowest BCUT2D eigenvalue weighted by Gasteiger charge is -2.01. The Morgan fingerprint density at radius 2 is 2.15 bits per heavy atom. The number of aliphatic carboxylic acids is 1. The van der Waals surface area contributed by atoms with Crippen LogP contribution in [-0.4, -0.2) is 15.6 Å². The highest BCUT2D eigenvalue weighted by Crippen LogP contribution is 2.29. The summed E-state index contributed by atoms with van der Waals surface area (Å²) in [6.45, 7) is 0. The summed E-state index contributed by atoms with van der Waals surface area (Å²) in [5, 5.41) is 14.2. The molecule has 0 saturated carbocycles. The molecular weight excluding hydrogens is 270 g/mol. The predicted octanol–water partition coefficient (Wildman–Crippen LogP) is 3.92. The average Bonchev–Trinajstić information content (AvgIpc) is 3.05. The minimum absolute atomic E-state index is 0.168. The van der Waals surface area contributed by atoms with Gasteiger partial charge in [-0.2, -0.15) is 11.3 Å². The van der Waals surface area contributed by atoms with Crippen molar-refractivity contribution in [3.63, 3.8) is 0 Å². The van der Waals surface area contributed by atoms with E-state index in [-0.39, 0.29) is 6.42 Å². The van der Waals surface area contributed by atoms with Gasteiger partial charge in [-0.25, -0.2) is 0 Å². The van der Waals surface area contributed by atoms with E-state index in [0.717, 1.165) is 16.5 Å². The molecule has 20 heavy (non-hydrogen) atoms. The Kier molecular flexibility index (Phi) is 3.32. The monoisotopic (exact) mass is 285 g/mol. The third-order valence-corrected chi connectivity index (χ3v) is 4.22. The molecule has 2 aromatic heterocycles. The van der Waals surface area contributed by atoms with Crippen molar-refractivity contribution in [2.45, 2.75) is 12.8 Å². The number of rotatable bonds is 4. The average molecular weight is 285 g/mol. The molecule has 102 valence electrons. The first kappa shape index (κ1) is 12.9. The van der Waals surface area contributed by atoms with Crippen molar-refractivity contribution in [1.82, 2.24) is 4.57 Å². The molecule has 0 amide bonds. The van der Waals surface area contributed by atoms with Crippen molar-refractivity contribution in [1.29, 1.82) is 0 Å². The van der Waals surface area contributed by atoms with E-state index in [1.165, 1.54) is 11.1 Å². The number of carbonyl (C=O) groups is 1. The van der Waals surface area contributed by atoms with Crippen LogP contribution in [0.3, 0.4) is 0 Å². The van der Waals surface area contributed by atoms with Crippen molar-refractivity contribution in [2.24, 2.45) is 7.05 Å². The zero-order valence-electron chi connectivity index (χ0n) is 11.2. The summed E-state index contributed by atoms with van der Waals surface area (Å²) in [4.78, 5) is 10.8. The lowest BCUT2D eigenvalue weighted by atomic mass is 10.0. The van der Waals surface area contributed by atoms with Crippen molar-refractivity contribution >= 4 is 28.2 Å². The van der Waals surface area contributed by atoms with Gasteiger partial charge in [-0.05, 0) is 52.1 Å². The molecule has 0 fully saturated rings. The van der Waals surface area contributed by atoms with Gasteiger partial charge in [-0.15, -0.1) is 0 Å². The standard InChI is InChI=1S/C16H15NO2S/c1-17-9-12(3-5-16(18)19)14-8-11(2-4-15(14)17)13-6-7-20-10-13/h2,4,6-10H,3,5H2,1H3,(H,18,19). The zero-order chi connectivity index (χ0) is 14.1. The lowest BCUT2D eigenvalue weighted by Crippen LogP contribution is -1.96. The maximum atomic E-state index is 10.8. The molecule has 0 spiro atoms. The van der Waals surface area contributed by atoms with E-state index in [1.54, 1.807) is 11.3 Å². The van der Waals surface area contributed by atoms with Gasteiger partial charge in [0, 0.05) is 30.6 Å². The lowest BCUT2D eigenvalue weighted by molar-refractivity contribution is -0.136. The van der Waals surface area contributed by atoms with Gasteiger partial charge in [0.1, 0.15) is 0 Å². The molecule has 3 nitrogen and oxygen atoms in total. The Labute approximate surface area is 121 Å². The van der Waals surface area contributed by atoms with Gasteiger partial charge in [0.15, 0.2) is 0 Å². The molecule has 1 N–H and O–H groups in total. The Morgan fingerprint density at radius 3 is 2.85 bits per heavy atom. The minimum atomic E-state index is -0.754. The molecule has 1 aromatic carbocycles. The second kappa shape index (κ2) is 5.13. The fourth-order valence-corrected chi connectivity index (χ4v) is 3.19. The quantitative estimate of drug-likeness (QED) is 0.789. The second-order valence-corrected chi connectivity index (χ2v) is 5.68. The maximum absolute atomic E-state index is 10.8. The van der Waals surface area contributed by atoms with Crippen molar-refractivity contribution in [3.05, 3.63) is 46.8 Å². The van der Waals surface area contributed by atoms with Gasteiger partial charge >= 0.3 is 5.97 Å². The molecule has 3 rings (SSSR count). The van der Waals surface area contributed by atoms with Gasteiger partial charge in [0.2, 0.25) is 0 Å². The maximum Gasteiger partial charge on any atom is 0.303 e. The Hall–Kier alpha value is -2.07. The smallest absolute Gasteiger partial charge is 0.303 e. The number of carboxylic acids is 1. The summed E-state index contributed by atoms with van der Waals surface area (Å²) in [7, 11) is 2.00. The number of hydrogen-bond donors (Lipinski definition) is 1. The molecule has 0 unspecified atom stereocenters. The van der Waals surface area contributed by atoms with E-state index in [0.29, 0.717) is 6.42 Å². The van der Waals surface area contributed by atoms with Crippen LogP contribution in [0.5, 0.6) is 0 Å². The normalized spacial score (nSPS) is 11.1. The number of hydrogen-bond acceptors (Lipinski definition) is 2. The number of thiophene rings is 1. The highest BCUT2D eigenvalue weighted by molar-refractivity contribution is 7.08. The van der Waals surface area contributed by atoms with Gasteiger partial charge in [-0.1, -0.05) is 6.07 Å². The van der Waals surface area contributed by atoms with E-state index < -0.39 is 5.97 Å². The molecule has 0 radical (unpaired) electrons. The third kappa shape index (κ3) is 2.34. The molecule has 0 saturated heterocycles. The van der Waals surface area contributed by atoms with Crippen LogP contribution in [0.2, 0.25) is 0 Å². The summed E-state index contributed by atoms with van der Waals surface area (Å²) < 4.78 is 2.06. The van der Waals surface area contributed by atoms with Crippen LogP contribution in [0.15, 0.2) is 41.2 Å². The summed E-state index contributed by atoms with van der Waals surface area (Å²) in [6, 6.07) is 8.48. The van der Waals surface area contributed by atoms with Crippen LogP contribution < -0.4 is 0 Å². The largest absolute Gasteiger partial charge is 0.481 e. The zero-order valence-corrected chi connectivity index (χ0v) is 12.0. The molecule has 3 aromatic rings. The van der Waals surface area contributed by atoms with Crippen LogP contribution in [-0.2, 0) is 18.3 Å². The summed E-state index contributed by atoms with van der Waals surface area (Å²) in [5.41, 5.74) is 4.64. The molecule has 0 aliphatic rings. The minimum Gasteiger partial charge on any atom is -0.481 e. The number of fused-ring (bicyclic) bond motifs is 1. The fraction of sp³-hybridized carbons (Fsp3) is 0.188. The van der Waals surface area contributed by atoms with Gasteiger partial charge in [-0.3, -0.25) is 4.79 Å². The number of aromatic nitrogens is 1. The molecule has 0 aliphatic carbocycles. The van der Waals surface area contributed by atoms with Crippen LogP contribution in [0.4, 0.5) is 0 Å². The number of benzene rings is 1. The Morgan fingerprint density at radius 1 is 1.30 bits per heavy atom. The summed E-state index contributed by atoms with van der Waals surface area (Å²) in [6.07, 6.45) is 2.77. The van der Waals surface area contributed by atoms with Gasteiger partial charge in [0.05, 0.1) is 0 Å². The Balaban J connectivity index is 2.07. The van der Waals surface area contributed by atoms with Crippen molar-refractivity contribution < 1.29 is 9.90 Å². The molecular formula is C16H15NO2S. The molecule has 2 heterocycles. The summed E-state index contributed by atoms with van der Waals surface area (Å²) in [5.74, 6) is -0.754. The number of aryl methyl sites for hydroxylation is 2. The first-order valence-electron chi connectivity index (χ1n) is 6.47. The van der Waals surface area contributed by atoms with Crippen molar-refractivity contribution in [2.75, 3.05) is 0 Å². The van der Waals surface area contributed by atoms with E-state index >= 15 is 0 Å². The van der Waals surface area contributed by atoms with Gasteiger partial charge in [0.25, 0.3) is 0 Å². The SMILES string of the molecule is Cn1cc(CCC(=O)O)c2cc(-c3ccsc3)ccc21. The topological polar surface area (TPSA) is 42.2 Å². The molecule has 0 bridgehead atoms. The van der Waals surface area contributed by atoms with Crippen LogP contribution in [0, 0.1) is 0 Å². The molecule has 4 heteroatoms. The van der Waals surface area contributed by atoms with E-state index in [4.69, 9.17) is 5.11 Å². The van der Waals surface area contributed by atoms with E-state index in [1.807, 2.05) is 13.2 Å².